The molecule has 1 aromatic carbocycles. The topological polar surface area (TPSA) is 70.7 Å². The first-order valence-electron chi connectivity index (χ1n) is 6.88. The fraction of sp³-hybridized carbons (Fsp3) is 0.357. The van der Waals surface area contributed by atoms with Gasteiger partial charge in [0.25, 0.3) is 0 Å². The highest BCUT2D eigenvalue weighted by Gasteiger charge is 2.46. The number of amides is 1. The van der Waals surface area contributed by atoms with E-state index in [1.54, 1.807) is 5.10 Å². The van der Waals surface area contributed by atoms with E-state index in [4.69, 9.17) is 0 Å². The van der Waals surface area contributed by atoms with Crippen LogP contribution in [0.25, 0.3) is 0 Å². The number of anilines is 1. The van der Waals surface area contributed by atoms with Crippen molar-refractivity contribution in [2.24, 2.45) is 0 Å². The zero-order valence-electron chi connectivity index (χ0n) is 11.7. The molecule has 0 aliphatic heterocycles. The fourth-order valence-corrected chi connectivity index (χ4v) is 2.61. The van der Waals surface area contributed by atoms with Crippen LogP contribution in [0.5, 0.6) is 0 Å². The number of rotatable bonds is 3. The first-order valence-corrected chi connectivity index (χ1v) is 6.88. The number of hydrogen-bond acceptors (Lipinski definition) is 3. The second-order valence-corrected chi connectivity index (χ2v) is 5.40. The van der Waals surface area contributed by atoms with Crippen LogP contribution in [0.1, 0.15) is 30.7 Å². The van der Waals surface area contributed by atoms with Gasteiger partial charge in [-0.1, -0.05) is 18.6 Å². The maximum absolute atomic E-state index is 13.0. The van der Waals surface area contributed by atoms with Crippen molar-refractivity contribution in [3.05, 3.63) is 41.5 Å². The third-order valence-corrected chi connectivity index (χ3v) is 4.02. The number of benzene rings is 1. The first-order chi connectivity index (χ1) is 10.8. The van der Waals surface area contributed by atoms with Crippen LogP contribution in [-0.2, 0) is 16.4 Å². The minimum Gasteiger partial charge on any atom is -0.292 e. The number of H-pyrrole nitrogens is 1. The Bertz CT molecular complexity index is 719. The van der Waals surface area contributed by atoms with Crippen molar-refractivity contribution >= 4 is 11.9 Å². The predicted molar refractivity (Wildman–Crippen MR) is 71.9 cm³/mol. The van der Waals surface area contributed by atoms with Gasteiger partial charge in [-0.3, -0.25) is 15.2 Å². The van der Waals surface area contributed by atoms with Crippen LogP contribution < -0.4 is 5.32 Å². The molecule has 0 atom stereocenters. The number of nitrogens with zero attached hydrogens (tertiary/aromatic N) is 2. The SMILES string of the molecule is O=C(Nc1n[nH]c(C(F)(F)F)n1)C1(c2ccc(F)cc2)CCC1. The van der Waals surface area contributed by atoms with Gasteiger partial charge in [0.2, 0.25) is 17.7 Å². The highest BCUT2D eigenvalue weighted by molar-refractivity contribution is 5.98. The highest BCUT2D eigenvalue weighted by atomic mass is 19.4. The summed E-state index contributed by atoms with van der Waals surface area (Å²) in [7, 11) is 0. The molecule has 3 rings (SSSR count). The lowest BCUT2D eigenvalue weighted by Crippen LogP contribution is -2.46. The number of alkyl halides is 3. The second kappa shape index (κ2) is 5.32. The van der Waals surface area contributed by atoms with Crippen molar-refractivity contribution in [3.63, 3.8) is 0 Å². The van der Waals surface area contributed by atoms with Gasteiger partial charge in [-0.15, -0.1) is 5.10 Å². The molecule has 0 saturated heterocycles. The monoisotopic (exact) mass is 328 g/mol. The molecule has 1 fully saturated rings. The molecule has 1 heterocycles. The Morgan fingerprint density at radius 2 is 1.87 bits per heavy atom. The largest absolute Gasteiger partial charge is 0.451 e. The van der Waals surface area contributed by atoms with Crippen LogP contribution in [0.3, 0.4) is 0 Å². The van der Waals surface area contributed by atoms with E-state index >= 15 is 0 Å². The first kappa shape index (κ1) is 15.4. The smallest absolute Gasteiger partial charge is 0.292 e. The van der Waals surface area contributed by atoms with Crippen LogP contribution in [0.4, 0.5) is 23.5 Å². The zero-order chi connectivity index (χ0) is 16.7. The molecule has 1 aliphatic carbocycles. The zero-order valence-corrected chi connectivity index (χ0v) is 11.7. The number of nitrogens with one attached hydrogen (secondary N) is 2. The molecule has 1 saturated carbocycles. The van der Waals surface area contributed by atoms with Crippen molar-refractivity contribution in [2.45, 2.75) is 30.9 Å². The lowest BCUT2D eigenvalue weighted by atomic mass is 9.64. The van der Waals surface area contributed by atoms with Gasteiger partial charge in [-0.05, 0) is 30.5 Å². The molecule has 0 unspecified atom stereocenters. The minimum atomic E-state index is -4.67. The summed E-state index contributed by atoms with van der Waals surface area (Å²) >= 11 is 0. The average Bonchev–Trinajstić information content (AvgIpc) is 2.88. The summed E-state index contributed by atoms with van der Waals surface area (Å²) in [5, 5.41) is 7.39. The van der Waals surface area contributed by atoms with Crippen LogP contribution in [0, 0.1) is 5.82 Å². The van der Waals surface area contributed by atoms with E-state index in [-0.39, 0.29) is 0 Å². The predicted octanol–water partition coefficient (Wildman–Crippen LogP) is 3.02. The highest BCUT2D eigenvalue weighted by Crippen LogP contribution is 2.44. The van der Waals surface area contributed by atoms with Gasteiger partial charge < -0.3 is 0 Å². The van der Waals surface area contributed by atoms with E-state index in [1.807, 2.05) is 0 Å². The Morgan fingerprint density at radius 1 is 1.22 bits per heavy atom. The van der Waals surface area contributed by atoms with Crippen molar-refractivity contribution in [1.82, 2.24) is 15.2 Å². The van der Waals surface area contributed by atoms with E-state index in [0.717, 1.165) is 6.42 Å². The number of hydrogen-bond donors (Lipinski definition) is 2. The van der Waals surface area contributed by atoms with Gasteiger partial charge in [0.1, 0.15) is 5.82 Å². The molecule has 0 bridgehead atoms. The van der Waals surface area contributed by atoms with Gasteiger partial charge in [0, 0.05) is 0 Å². The second-order valence-electron chi connectivity index (χ2n) is 5.40. The van der Waals surface area contributed by atoms with E-state index in [9.17, 15) is 22.4 Å². The third kappa shape index (κ3) is 2.78. The fourth-order valence-electron chi connectivity index (χ4n) is 2.61. The lowest BCUT2D eigenvalue weighted by Gasteiger charge is -2.40. The molecule has 1 aromatic heterocycles. The van der Waals surface area contributed by atoms with Crippen LogP contribution in [0.15, 0.2) is 24.3 Å². The summed E-state index contributed by atoms with van der Waals surface area (Å²) in [6.45, 7) is 0. The van der Waals surface area contributed by atoms with E-state index in [2.05, 4.69) is 15.4 Å². The van der Waals surface area contributed by atoms with Gasteiger partial charge in [0.15, 0.2) is 0 Å². The summed E-state index contributed by atoms with van der Waals surface area (Å²) in [6, 6.07) is 5.51. The minimum absolute atomic E-state index is 0.424. The Balaban J connectivity index is 1.81. The summed E-state index contributed by atoms with van der Waals surface area (Å²) in [5.41, 5.74) is -0.263. The molecule has 122 valence electrons. The molecule has 5 nitrogen and oxygen atoms in total. The molecule has 2 aromatic rings. The van der Waals surface area contributed by atoms with Gasteiger partial charge in [-0.25, -0.2) is 4.39 Å². The van der Waals surface area contributed by atoms with Crippen LogP contribution in [-0.4, -0.2) is 21.1 Å². The maximum atomic E-state index is 13.0. The van der Waals surface area contributed by atoms with Gasteiger partial charge >= 0.3 is 6.18 Å². The number of halogens is 4. The summed E-state index contributed by atoms with van der Waals surface area (Å²) in [6.07, 6.45) is -2.81. The van der Waals surface area contributed by atoms with E-state index in [1.165, 1.54) is 24.3 Å². The Hall–Kier alpha value is -2.45. The summed E-state index contributed by atoms with van der Waals surface area (Å²) < 4.78 is 50.4. The van der Waals surface area contributed by atoms with Crippen molar-refractivity contribution in [1.29, 1.82) is 0 Å². The van der Waals surface area contributed by atoms with Crippen molar-refractivity contribution in [3.8, 4) is 0 Å². The maximum Gasteiger partial charge on any atom is 0.451 e. The van der Waals surface area contributed by atoms with Crippen molar-refractivity contribution < 1.29 is 22.4 Å². The van der Waals surface area contributed by atoms with Crippen LogP contribution in [0.2, 0.25) is 0 Å². The quantitative estimate of drug-likeness (QED) is 0.851. The molecule has 0 spiro atoms. The van der Waals surface area contributed by atoms with Crippen molar-refractivity contribution in [2.75, 3.05) is 5.32 Å². The molecule has 23 heavy (non-hydrogen) atoms. The van der Waals surface area contributed by atoms with E-state index < -0.39 is 35.1 Å². The molecule has 0 radical (unpaired) electrons. The van der Waals surface area contributed by atoms with Gasteiger partial charge in [0.05, 0.1) is 5.41 Å². The van der Waals surface area contributed by atoms with Crippen LogP contribution >= 0.6 is 0 Å². The molecule has 9 heteroatoms. The third-order valence-electron chi connectivity index (χ3n) is 4.02. The number of carbonyl (C=O) groups is 1. The molecular weight excluding hydrogens is 316 g/mol. The lowest BCUT2D eigenvalue weighted by molar-refractivity contribution is -0.144. The standard InChI is InChI=1S/C14H12F4N4O/c15-9-4-2-8(3-5-9)13(6-1-7-13)11(23)20-12-19-10(21-22-12)14(16,17)18/h2-5H,1,6-7H2,(H2,19,20,21,22,23). The molecule has 2 N–H and O–H groups in total. The average molecular weight is 328 g/mol. The molecule has 1 aliphatic rings. The Kier molecular flexibility index (Phi) is 3.57. The van der Waals surface area contributed by atoms with E-state index in [0.29, 0.717) is 18.4 Å². The van der Waals surface area contributed by atoms with Gasteiger partial charge in [-0.2, -0.15) is 18.2 Å². The normalized spacial score (nSPS) is 16.7. The summed E-state index contributed by atoms with van der Waals surface area (Å²) in [4.78, 5) is 15.7. The molecular formula is C14H12F4N4O. The molecule has 1 amide bonds. The number of carbonyl (C=O) groups excluding carboxylic acids is 1. The Labute approximate surface area is 128 Å². The number of aromatic amines is 1. The summed E-state index contributed by atoms with van der Waals surface area (Å²) in [5.74, 6) is -2.64. The Morgan fingerprint density at radius 3 is 2.35 bits per heavy atom. The number of aromatic nitrogens is 3.